The molecule has 1 aromatic rings. The van der Waals surface area contributed by atoms with E-state index < -0.39 is 5.38 Å². The number of Topliss-reactive ketones (excluding diaryl/α,β-unsaturated/α-hetero) is 1. The summed E-state index contributed by atoms with van der Waals surface area (Å²) < 4.78 is 0.650. The molecule has 14 heavy (non-hydrogen) atoms. The first-order valence-corrected chi connectivity index (χ1v) is 5.19. The van der Waals surface area contributed by atoms with Gasteiger partial charge in [0.1, 0.15) is 5.38 Å². The Bertz CT molecular complexity index is 376. The van der Waals surface area contributed by atoms with Crippen molar-refractivity contribution in [2.45, 2.75) is 12.3 Å². The lowest BCUT2D eigenvalue weighted by Crippen LogP contribution is -2.05. The first-order valence-electron chi connectivity index (χ1n) is 3.96. The van der Waals surface area contributed by atoms with Crippen molar-refractivity contribution in [3.63, 3.8) is 0 Å². The summed E-state index contributed by atoms with van der Waals surface area (Å²) in [6.45, 7) is 1.40. The van der Waals surface area contributed by atoms with Gasteiger partial charge < -0.3 is 0 Å². The topological polar surface area (TPSA) is 34.1 Å². The fraction of sp³-hybridized carbons (Fsp3) is 0.200. The number of rotatable bonds is 3. The largest absolute Gasteiger partial charge is 0.298 e. The molecular weight excluding hydrogens is 267 g/mol. The average Bonchev–Trinajstić information content (AvgIpc) is 2.16. The number of hydrogen-bond acceptors (Lipinski definition) is 2. The second-order valence-corrected chi connectivity index (χ2v) is 4.12. The van der Waals surface area contributed by atoms with Crippen molar-refractivity contribution >= 4 is 39.6 Å². The highest BCUT2D eigenvalue weighted by atomic mass is 79.9. The van der Waals surface area contributed by atoms with Crippen LogP contribution in [0.2, 0.25) is 0 Å². The van der Waals surface area contributed by atoms with E-state index in [4.69, 9.17) is 11.6 Å². The number of aldehydes is 1. The highest BCUT2D eigenvalue weighted by Gasteiger charge is 2.17. The summed E-state index contributed by atoms with van der Waals surface area (Å²) in [4.78, 5) is 21.8. The summed E-state index contributed by atoms with van der Waals surface area (Å²) in [5.74, 6) is -0.173. The molecule has 0 saturated carbocycles. The second-order valence-electron chi connectivity index (χ2n) is 2.83. The Kier molecular flexibility index (Phi) is 3.84. The lowest BCUT2D eigenvalue weighted by molar-refractivity contribution is -0.116. The van der Waals surface area contributed by atoms with Crippen LogP contribution in [0.15, 0.2) is 22.7 Å². The molecule has 0 aliphatic carbocycles. The fourth-order valence-corrected chi connectivity index (χ4v) is 1.78. The number of halogens is 2. The van der Waals surface area contributed by atoms with E-state index in [0.29, 0.717) is 21.9 Å². The Morgan fingerprint density at radius 2 is 2.21 bits per heavy atom. The number of carbonyl (C=O) groups is 2. The fourth-order valence-electron chi connectivity index (χ4n) is 1.12. The molecular formula is C10H8BrClO2. The lowest BCUT2D eigenvalue weighted by Gasteiger charge is -2.09. The van der Waals surface area contributed by atoms with E-state index in [1.807, 2.05) is 0 Å². The maximum absolute atomic E-state index is 11.1. The van der Waals surface area contributed by atoms with E-state index in [2.05, 4.69) is 15.9 Å². The van der Waals surface area contributed by atoms with Crippen LogP contribution in [0.25, 0.3) is 0 Å². The van der Waals surface area contributed by atoms with Gasteiger partial charge in [-0.2, -0.15) is 0 Å². The first kappa shape index (κ1) is 11.4. The Balaban J connectivity index is 3.26. The third-order valence-electron chi connectivity index (χ3n) is 1.83. The van der Waals surface area contributed by atoms with Gasteiger partial charge in [0.2, 0.25) is 0 Å². The second kappa shape index (κ2) is 4.71. The smallest absolute Gasteiger partial charge is 0.152 e. The van der Waals surface area contributed by atoms with Crippen molar-refractivity contribution in [2.24, 2.45) is 0 Å². The molecule has 1 unspecified atom stereocenters. The van der Waals surface area contributed by atoms with Crippen molar-refractivity contribution in [3.05, 3.63) is 33.8 Å². The molecule has 0 fully saturated rings. The van der Waals surface area contributed by atoms with Crippen LogP contribution in [-0.4, -0.2) is 12.1 Å². The van der Waals surface area contributed by atoms with Gasteiger partial charge in [-0.1, -0.05) is 28.1 Å². The summed E-state index contributed by atoms with van der Waals surface area (Å²) in [5.41, 5.74) is 0.978. The molecule has 0 amide bonds. The summed E-state index contributed by atoms with van der Waals surface area (Å²) in [6.07, 6.45) is 0.692. The maximum Gasteiger partial charge on any atom is 0.152 e. The summed E-state index contributed by atoms with van der Waals surface area (Å²) in [6, 6.07) is 5.15. The van der Waals surface area contributed by atoms with Gasteiger partial charge in [0, 0.05) is 10.0 Å². The van der Waals surface area contributed by atoms with Crippen molar-refractivity contribution in [1.82, 2.24) is 0 Å². The number of benzene rings is 1. The molecule has 0 aromatic heterocycles. The van der Waals surface area contributed by atoms with Crippen LogP contribution in [0.3, 0.4) is 0 Å². The normalized spacial score (nSPS) is 12.2. The van der Waals surface area contributed by atoms with Gasteiger partial charge in [-0.3, -0.25) is 9.59 Å². The van der Waals surface area contributed by atoms with Crippen molar-refractivity contribution in [3.8, 4) is 0 Å². The van der Waals surface area contributed by atoms with E-state index in [0.717, 1.165) is 0 Å². The van der Waals surface area contributed by atoms with Gasteiger partial charge in [0.05, 0.1) is 0 Å². The molecule has 2 nitrogen and oxygen atoms in total. The molecule has 0 N–H and O–H groups in total. The van der Waals surface area contributed by atoms with Crippen molar-refractivity contribution in [1.29, 1.82) is 0 Å². The van der Waals surface area contributed by atoms with Gasteiger partial charge in [0.15, 0.2) is 12.1 Å². The number of ketones is 1. The summed E-state index contributed by atoms with van der Waals surface area (Å²) in [5, 5.41) is -0.757. The minimum atomic E-state index is -0.757. The first-order chi connectivity index (χ1) is 6.57. The molecule has 0 aliphatic heterocycles. The zero-order chi connectivity index (χ0) is 10.7. The van der Waals surface area contributed by atoms with Gasteiger partial charge in [0.25, 0.3) is 0 Å². The molecule has 74 valence electrons. The minimum absolute atomic E-state index is 0.173. The summed E-state index contributed by atoms with van der Waals surface area (Å²) >= 11 is 9.09. The summed E-state index contributed by atoms with van der Waals surface area (Å²) in [7, 11) is 0. The third kappa shape index (κ3) is 2.22. The number of alkyl halides is 1. The van der Waals surface area contributed by atoms with E-state index in [9.17, 15) is 9.59 Å². The molecule has 0 heterocycles. The van der Waals surface area contributed by atoms with Gasteiger partial charge in [-0.25, -0.2) is 0 Å². The van der Waals surface area contributed by atoms with Crippen LogP contribution in [0.5, 0.6) is 0 Å². The molecule has 0 bridgehead atoms. The quantitative estimate of drug-likeness (QED) is 0.627. The van der Waals surface area contributed by atoms with Crippen molar-refractivity contribution < 1.29 is 9.59 Å². The van der Waals surface area contributed by atoms with Crippen LogP contribution < -0.4 is 0 Å². The van der Waals surface area contributed by atoms with Crippen LogP contribution in [-0.2, 0) is 4.79 Å². The van der Waals surface area contributed by atoms with Crippen LogP contribution >= 0.6 is 27.5 Å². The Morgan fingerprint density at radius 1 is 1.57 bits per heavy atom. The molecule has 0 radical (unpaired) electrons. The van der Waals surface area contributed by atoms with Crippen molar-refractivity contribution in [2.75, 3.05) is 0 Å². The van der Waals surface area contributed by atoms with Gasteiger partial charge >= 0.3 is 0 Å². The monoisotopic (exact) mass is 274 g/mol. The van der Waals surface area contributed by atoms with E-state index in [-0.39, 0.29) is 5.78 Å². The standard InChI is InChI=1S/C10H8BrClO2/c1-6(14)10(12)7-3-2-4-9(11)8(7)5-13/h2-5,10H,1H3. The van der Waals surface area contributed by atoms with E-state index >= 15 is 0 Å². The van der Waals surface area contributed by atoms with E-state index in [1.54, 1.807) is 18.2 Å². The van der Waals surface area contributed by atoms with Crippen LogP contribution in [0.4, 0.5) is 0 Å². The highest BCUT2D eigenvalue weighted by molar-refractivity contribution is 9.10. The zero-order valence-electron chi connectivity index (χ0n) is 7.46. The number of carbonyl (C=O) groups excluding carboxylic acids is 2. The Hall–Kier alpha value is -0.670. The zero-order valence-corrected chi connectivity index (χ0v) is 9.80. The Morgan fingerprint density at radius 3 is 2.71 bits per heavy atom. The van der Waals surface area contributed by atoms with Gasteiger partial charge in [-0.05, 0) is 18.6 Å². The molecule has 4 heteroatoms. The molecule has 0 saturated heterocycles. The minimum Gasteiger partial charge on any atom is -0.298 e. The van der Waals surface area contributed by atoms with Crippen LogP contribution in [0, 0.1) is 0 Å². The molecule has 1 atom stereocenters. The SMILES string of the molecule is CC(=O)C(Cl)c1cccc(Br)c1C=O. The third-order valence-corrected chi connectivity index (χ3v) is 3.07. The Labute approximate surface area is 95.4 Å². The van der Waals surface area contributed by atoms with E-state index in [1.165, 1.54) is 6.92 Å². The molecule has 0 spiro atoms. The predicted octanol–water partition coefficient (Wildman–Crippen LogP) is 3.13. The molecule has 0 aliphatic rings. The molecule has 1 aromatic carbocycles. The predicted molar refractivity (Wildman–Crippen MR) is 58.8 cm³/mol. The van der Waals surface area contributed by atoms with Gasteiger partial charge in [-0.15, -0.1) is 11.6 Å². The van der Waals surface area contributed by atoms with Crippen LogP contribution in [0.1, 0.15) is 28.2 Å². The average molecular weight is 276 g/mol. The lowest BCUT2D eigenvalue weighted by atomic mass is 10.0. The highest BCUT2D eigenvalue weighted by Crippen LogP contribution is 2.28. The molecule has 1 rings (SSSR count). The number of hydrogen-bond donors (Lipinski definition) is 0. The maximum atomic E-state index is 11.1.